The van der Waals surface area contributed by atoms with E-state index in [4.69, 9.17) is 0 Å². The van der Waals surface area contributed by atoms with Crippen molar-refractivity contribution >= 4 is 23.3 Å². The molecule has 1 aromatic heterocycles. The van der Waals surface area contributed by atoms with E-state index in [-0.39, 0.29) is 0 Å². The third kappa shape index (κ3) is 2.81. The Morgan fingerprint density at radius 2 is 2.56 bits per heavy atom. The Balaban J connectivity index is 2.30. The minimum Gasteiger partial charge on any atom is -0.0816 e. The first-order valence-electron chi connectivity index (χ1n) is 3.28. The number of aryl methyl sites for hydroxylation is 1. The molecule has 1 heterocycles. The molecule has 0 fully saturated rings. The second-order valence-corrected chi connectivity index (χ2v) is 7.42. The quantitative estimate of drug-likeness (QED) is 0.646. The maximum atomic E-state index is 2.40. The Morgan fingerprint density at radius 3 is 3.11 bits per heavy atom. The summed E-state index contributed by atoms with van der Waals surface area (Å²) >= 11 is 0. The molecule has 1 aromatic rings. The van der Waals surface area contributed by atoms with Gasteiger partial charge in [-0.2, -0.15) is 0 Å². The molecule has 0 aliphatic heterocycles. The summed E-state index contributed by atoms with van der Waals surface area (Å²) in [4.78, 5) is 0. The summed E-state index contributed by atoms with van der Waals surface area (Å²) in [6.07, 6.45) is 4.09. The summed E-state index contributed by atoms with van der Waals surface area (Å²) in [7, 11) is 4.34. The van der Waals surface area contributed by atoms with E-state index in [1.54, 1.807) is 21.0 Å². The van der Waals surface area contributed by atoms with Gasteiger partial charge in [-0.15, -0.1) is 0 Å². The summed E-state index contributed by atoms with van der Waals surface area (Å²) in [6.45, 7) is 2.26. The Morgan fingerprint density at radius 1 is 1.67 bits per heavy atom. The van der Waals surface area contributed by atoms with Crippen molar-refractivity contribution in [3.05, 3.63) is 11.1 Å². The fraction of sp³-hybridized carbons (Fsp3) is 0.667. The van der Waals surface area contributed by atoms with Crippen LogP contribution >= 0.6 is 23.3 Å². The molecule has 0 radical (unpaired) electrons. The summed E-state index contributed by atoms with van der Waals surface area (Å²) < 4.78 is 0. The van der Waals surface area contributed by atoms with E-state index in [2.05, 4.69) is 12.7 Å². The van der Waals surface area contributed by atoms with E-state index in [0.717, 1.165) is 7.55 Å². The lowest BCUT2D eigenvalue weighted by molar-refractivity contribution is 0.805. The molecule has 0 saturated carbocycles. The second-order valence-electron chi connectivity index (χ2n) is 2.06. The molecule has 0 aromatic carbocycles. The summed E-state index contributed by atoms with van der Waals surface area (Å²) in [5.74, 6) is 2.40. The zero-order valence-corrected chi connectivity index (χ0v) is 8.38. The van der Waals surface area contributed by atoms with E-state index >= 15 is 0 Å². The molecule has 1 unspecified atom stereocenters. The zero-order chi connectivity index (χ0) is 6.53. The lowest BCUT2D eigenvalue weighted by Gasteiger charge is -1.90. The third-order valence-electron chi connectivity index (χ3n) is 1.25. The van der Waals surface area contributed by atoms with Gasteiger partial charge >= 0.3 is 0 Å². The van der Waals surface area contributed by atoms with Gasteiger partial charge in [0.1, 0.15) is 0 Å². The van der Waals surface area contributed by atoms with Crippen LogP contribution in [-0.4, -0.2) is 0 Å². The zero-order valence-electron chi connectivity index (χ0n) is 5.59. The van der Waals surface area contributed by atoms with Crippen LogP contribution in [0.1, 0.15) is 25.1 Å². The van der Waals surface area contributed by atoms with Crippen molar-refractivity contribution in [1.82, 2.24) is 0 Å². The van der Waals surface area contributed by atoms with Crippen molar-refractivity contribution in [2.24, 2.45) is 0 Å². The van der Waals surface area contributed by atoms with Gasteiger partial charge in [0.05, 0.1) is 0 Å². The maximum Gasteiger partial charge on any atom is -0.0118 e. The average molecular weight is 176 g/mol. The lowest BCUT2D eigenvalue weighted by Crippen LogP contribution is -1.74. The van der Waals surface area contributed by atoms with Gasteiger partial charge in [-0.3, -0.25) is 0 Å². The summed E-state index contributed by atoms with van der Waals surface area (Å²) in [6, 6.07) is 0. The van der Waals surface area contributed by atoms with Crippen LogP contribution in [0.25, 0.3) is 0 Å². The lowest BCUT2D eigenvalue weighted by atomic mass is 10.2. The highest BCUT2D eigenvalue weighted by Crippen LogP contribution is 2.36. The Labute approximate surface area is 61.2 Å². The van der Waals surface area contributed by atoms with Crippen molar-refractivity contribution in [1.29, 1.82) is 0 Å². The van der Waals surface area contributed by atoms with E-state index in [0.29, 0.717) is 0 Å². The van der Waals surface area contributed by atoms with E-state index in [1.165, 1.54) is 19.3 Å². The van der Waals surface area contributed by atoms with Crippen LogP contribution < -0.4 is 0 Å². The second kappa shape index (κ2) is 4.45. The summed E-state index contributed by atoms with van der Waals surface area (Å²) in [5, 5.41) is 1.69. The molecule has 0 nitrogen and oxygen atoms in total. The van der Waals surface area contributed by atoms with Crippen LogP contribution in [0.4, 0.5) is 0 Å². The molecule has 0 saturated heterocycles. The first kappa shape index (κ1) is 7.74. The SMILES string of the molecule is CCCCc1cp[pH]p1. The highest BCUT2D eigenvalue weighted by Gasteiger charge is 1.89. The number of hydrogen-bond donors (Lipinski definition) is 0. The number of rotatable bonds is 3. The molecule has 0 N–H and O–H groups in total. The normalized spacial score (nSPS) is 12.6. The van der Waals surface area contributed by atoms with Crippen LogP contribution in [0.5, 0.6) is 0 Å². The van der Waals surface area contributed by atoms with Crippen molar-refractivity contribution in [2.75, 3.05) is 0 Å². The number of hydrogen-bond acceptors (Lipinski definition) is 0. The van der Waals surface area contributed by atoms with Crippen LogP contribution in [0.3, 0.4) is 0 Å². The van der Waals surface area contributed by atoms with Crippen LogP contribution in [0, 0.1) is 0 Å². The predicted molar refractivity (Wildman–Crippen MR) is 49.6 cm³/mol. The van der Waals surface area contributed by atoms with Crippen molar-refractivity contribution < 1.29 is 0 Å². The molecule has 0 aliphatic carbocycles. The van der Waals surface area contributed by atoms with Gasteiger partial charge in [0, 0.05) is 0 Å². The molecule has 0 amide bonds. The van der Waals surface area contributed by atoms with Gasteiger partial charge in [0.15, 0.2) is 0 Å². The molecule has 1 atom stereocenters. The van der Waals surface area contributed by atoms with E-state index in [1.807, 2.05) is 0 Å². The average Bonchev–Trinajstić information content (AvgIpc) is 2.34. The molecule has 9 heavy (non-hydrogen) atoms. The first-order chi connectivity index (χ1) is 4.43. The van der Waals surface area contributed by atoms with Gasteiger partial charge in [-0.25, -0.2) is 0 Å². The minimum absolute atomic E-state index is 1.15. The molecule has 50 valence electrons. The monoisotopic (exact) mass is 176 g/mol. The van der Waals surface area contributed by atoms with Crippen molar-refractivity contribution in [3.63, 3.8) is 0 Å². The van der Waals surface area contributed by atoms with Crippen LogP contribution in [-0.2, 0) is 6.42 Å². The molecule has 1 rings (SSSR count). The molecule has 0 bridgehead atoms. The highest BCUT2D eigenvalue weighted by molar-refractivity contribution is 8.17. The van der Waals surface area contributed by atoms with Gasteiger partial charge in [0.2, 0.25) is 0 Å². The first-order valence-corrected chi connectivity index (χ1v) is 7.82. The molecule has 0 aliphatic rings. The van der Waals surface area contributed by atoms with Gasteiger partial charge in [-0.05, 0) is 31.8 Å². The molecule has 3 heteroatoms. The fourth-order valence-corrected chi connectivity index (χ4v) is 6.48. The minimum atomic E-state index is 1.15. The standard InChI is InChI=1S/C6H11P3/c1-2-3-4-6-5-7-9-8-6/h5,9H,2-4H2,1H3. The van der Waals surface area contributed by atoms with Crippen LogP contribution in [0.2, 0.25) is 0 Å². The Hall–Kier alpha value is 0.640. The topological polar surface area (TPSA) is 0 Å². The summed E-state index contributed by atoms with van der Waals surface area (Å²) in [5.41, 5.74) is 0. The fourth-order valence-electron chi connectivity index (χ4n) is 0.704. The Bertz CT molecular complexity index is 145. The molecular formula is C6H11P3. The predicted octanol–water partition coefficient (Wildman–Crippen LogP) is 4.22. The molecule has 0 spiro atoms. The van der Waals surface area contributed by atoms with Gasteiger partial charge in [0.25, 0.3) is 0 Å². The Kier molecular flexibility index (Phi) is 3.83. The molecular weight excluding hydrogens is 165 g/mol. The number of unbranched alkanes of at least 4 members (excludes halogenated alkanes) is 1. The van der Waals surface area contributed by atoms with Gasteiger partial charge < -0.3 is 0 Å². The third-order valence-corrected chi connectivity index (χ3v) is 6.59. The smallest absolute Gasteiger partial charge is 0.0118 e. The van der Waals surface area contributed by atoms with E-state index < -0.39 is 0 Å². The maximum absolute atomic E-state index is 2.40. The van der Waals surface area contributed by atoms with E-state index in [9.17, 15) is 0 Å². The highest BCUT2D eigenvalue weighted by atomic mass is 32.1. The van der Waals surface area contributed by atoms with Gasteiger partial charge in [-0.1, -0.05) is 28.8 Å². The largest absolute Gasteiger partial charge is 0.0816 e. The van der Waals surface area contributed by atoms with Crippen molar-refractivity contribution in [2.45, 2.75) is 26.2 Å². The van der Waals surface area contributed by atoms with Crippen molar-refractivity contribution in [3.8, 4) is 0 Å². The van der Waals surface area contributed by atoms with Crippen LogP contribution in [0.15, 0.2) is 5.80 Å².